The topological polar surface area (TPSA) is 50.4 Å². The van der Waals surface area contributed by atoms with Crippen LogP contribution >= 0.6 is 0 Å². The van der Waals surface area contributed by atoms with Crippen LogP contribution in [0.25, 0.3) is 0 Å². The van der Waals surface area contributed by atoms with Gasteiger partial charge in [-0.15, -0.1) is 0 Å². The Morgan fingerprint density at radius 3 is 2.88 bits per heavy atom. The Kier molecular flexibility index (Phi) is 5.77. The van der Waals surface area contributed by atoms with Gasteiger partial charge in [0.1, 0.15) is 0 Å². The summed E-state index contributed by atoms with van der Waals surface area (Å²) in [6.45, 7) is 1.60. The molecule has 0 heterocycles. The first kappa shape index (κ1) is 14.3. The van der Waals surface area contributed by atoms with Gasteiger partial charge in [0.2, 0.25) is 11.8 Å². The summed E-state index contributed by atoms with van der Waals surface area (Å²) in [5.74, 6) is -2.66. The van der Waals surface area contributed by atoms with Gasteiger partial charge in [-0.25, -0.2) is 8.78 Å². The molecule has 100 valence electrons. The summed E-state index contributed by atoms with van der Waals surface area (Å²) in [5, 5.41) is 5.56. The maximum atomic E-state index is 12.9. The van der Waals surface area contributed by atoms with Crippen LogP contribution in [0.4, 0.5) is 8.78 Å². The van der Waals surface area contributed by atoms with Gasteiger partial charge >= 0.3 is 0 Å². The molecule has 4 nitrogen and oxygen atoms in total. The molecule has 1 fully saturated rings. The maximum Gasteiger partial charge on any atom is 0.248 e. The highest BCUT2D eigenvalue weighted by Gasteiger charge is 2.38. The van der Waals surface area contributed by atoms with Gasteiger partial charge in [-0.3, -0.25) is 4.79 Å². The number of nitrogens with one attached hydrogen (secondary N) is 2. The van der Waals surface area contributed by atoms with Crippen LogP contribution in [0.3, 0.4) is 0 Å². The first-order valence-electron chi connectivity index (χ1n) is 5.88. The van der Waals surface area contributed by atoms with E-state index in [4.69, 9.17) is 4.74 Å². The van der Waals surface area contributed by atoms with Crippen LogP contribution in [0.2, 0.25) is 0 Å². The molecule has 0 aromatic carbocycles. The fraction of sp³-hybridized carbons (Fsp3) is 0.909. The molecule has 0 aromatic heterocycles. The zero-order chi connectivity index (χ0) is 12.7. The van der Waals surface area contributed by atoms with E-state index in [1.165, 1.54) is 0 Å². The summed E-state index contributed by atoms with van der Waals surface area (Å²) >= 11 is 0. The van der Waals surface area contributed by atoms with Crippen molar-refractivity contribution in [3.05, 3.63) is 0 Å². The summed E-state index contributed by atoms with van der Waals surface area (Å²) in [7, 11) is 1.56. The molecule has 1 aliphatic rings. The third-order valence-corrected chi connectivity index (χ3v) is 2.85. The quantitative estimate of drug-likeness (QED) is 0.656. The first-order chi connectivity index (χ1) is 8.03. The molecule has 0 aromatic rings. The fourth-order valence-electron chi connectivity index (χ4n) is 1.96. The molecule has 0 bridgehead atoms. The Morgan fingerprint density at radius 2 is 2.29 bits per heavy atom. The molecule has 0 saturated heterocycles. The van der Waals surface area contributed by atoms with Gasteiger partial charge in [-0.1, -0.05) is 0 Å². The zero-order valence-corrected chi connectivity index (χ0v) is 10.1. The lowest BCUT2D eigenvalue weighted by Crippen LogP contribution is -2.37. The van der Waals surface area contributed by atoms with Crippen LogP contribution in [-0.4, -0.2) is 45.2 Å². The Balaban J connectivity index is 2.02. The van der Waals surface area contributed by atoms with Crippen LogP contribution in [0.5, 0.6) is 0 Å². The van der Waals surface area contributed by atoms with E-state index < -0.39 is 5.92 Å². The monoisotopic (exact) mass is 250 g/mol. The molecular formula is C11H20F2N2O2. The second-order valence-corrected chi connectivity index (χ2v) is 4.44. The Hall–Kier alpha value is -0.750. The van der Waals surface area contributed by atoms with Crippen LogP contribution in [0.1, 0.15) is 19.3 Å². The maximum absolute atomic E-state index is 12.9. The van der Waals surface area contributed by atoms with Crippen molar-refractivity contribution in [3.63, 3.8) is 0 Å². The van der Waals surface area contributed by atoms with Crippen molar-refractivity contribution in [1.82, 2.24) is 10.6 Å². The van der Waals surface area contributed by atoms with Crippen molar-refractivity contribution < 1.29 is 18.3 Å². The number of rotatable bonds is 7. The van der Waals surface area contributed by atoms with Crippen molar-refractivity contribution in [1.29, 1.82) is 0 Å². The van der Waals surface area contributed by atoms with Gasteiger partial charge in [-0.2, -0.15) is 0 Å². The van der Waals surface area contributed by atoms with E-state index >= 15 is 0 Å². The minimum atomic E-state index is -2.51. The summed E-state index contributed by atoms with van der Waals surface area (Å²) in [6.07, 6.45) is 0.440. The third kappa shape index (κ3) is 5.93. The normalized spacial score (nSPS) is 22.6. The SMILES string of the molecule is COCCNC(=O)CNCC1CCC(F)(F)C1. The average Bonchev–Trinajstić information content (AvgIpc) is 2.59. The fourth-order valence-corrected chi connectivity index (χ4v) is 1.96. The van der Waals surface area contributed by atoms with Crippen LogP contribution in [0, 0.1) is 5.92 Å². The third-order valence-electron chi connectivity index (χ3n) is 2.85. The first-order valence-corrected chi connectivity index (χ1v) is 5.88. The van der Waals surface area contributed by atoms with Crippen molar-refractivity contribution in [2.75, 3.05) is 33.4 Å². The van der Waals surface area contributed by atoms with E-state index in [0.29, 0.717) is 26.1 Å². The van der Waals surface area contributed by atoms with Crippen molar-refractivity contribution in [2.45, 2.75) is 25.2 Å². The molecule has 1 rings (SSSR count). The molecule has 17 heavy (non-hydrogen) atoms. The Morgan fingerprint density at radius 1 is 1.53 bits per heavy atom. The molecule has 1 unspecified atom stereocenters. The largest absolute Gasteiger partial charge is 0.383 e. The van der Waals surface area contributed by atoms with Gasteiger partial charge in [0.25, 0.3) is 0 Å². The highest BCUT2D eigenvalue weighted by atomic mass is 19.3. The average molecular weight is 250 g/mol. The molecule has 1 aliphatic carbocycles. The van der Waals surface area contributed by atoms with Crippen molar-refractivity contribution in [3.8, 4) is 0 Å². The minimum absolute atomic E-state index is 0.0169. The Bertz CT molecular complexity index is 250. The summed E-state index contributed by atoms with van der Waals surface area (Å²) < 4.78 is 30.5. The predicted molar refractivity (Wildman–Crippen MR) is 60.0 cm³/mol. The molecule has 0 radical (unpaired) electrons. The van der Waals surface area contributed by atoms with Gasteiger partial charge < -0.3 is 15.4 Å². The van der Waals surface area contributed by atoms with Crippen molar-refractivity contribution in [2.24, 2.45) is 5.92 Å². The number of halogens is 2. The predicted octanol–water partition coefficient (Wildman–Crippen LogP) is 0.774. The number of carbonyl (C=O) groups excluding carboxylic acids is 1. The highest BCUT2D eigenvalue weighted by Crippen LogP contribution is 2.38. The van der Waals surface area contributed by atoms with Gasteiger partial charge in [0.05, 0.1) is 13.2 Å². The number of alkyl halides is 2. The van der Waals surface area contributed by atoms with Crippen molar-refractivity contribution >= 4 is 5.91 Å². The second-order valence-electron chi connectivity index (χ2n) is 4.44. The van der Waals surface area contributed by atoms with E-state index in [9.17, 15) is 13.6 Å². The number of hydrogen-bond donors (Lipinski definition) is 2. The molecular weight excluding hydrogens is 230 g/mol. The number of hydrogen-bond acceptors (Lipinski definition) is 3. The highest BCUT2D eigenvalue weighted by molar-refractivity contribution is 5.77. The van der Waals surface area contributed by atoms with E-state index in [0.717, 1.165) is 0 Å². The van der Waals surface area contributed by atoms with Gasteiger partial charge in [-0.05, 0) is 18.9 Å². The lowest BCUT2D eigenvalue weighted by atomic mass is 10.1. The molecule has 1 saturated carbocycles. The number of ether oxygens (including phenoxy) is 1. The van der Waals surface area contributed by atoms with E-state index in [-0.39, 0.29) is 31.2 Å². The zero-order valence-electron chi connectivity index (χ0n) is 10.1. The smallest absolute Gasteiger partial charge is 0.248 e. The van der Waals surface area contributed by atoms with E-state index in [2.05, 4.69) is 10.6 Å². The van der Waals surface area contributed by atoms with Crippen LogP contribution < -0.4 is 10.6 Å². The Labute approximate surface area is 100 Å². The minimum Gasteiger partial charge on any atom is -0.383 e. The van der Waals surface area contributed by atoms with Crippen LogP contribution in [0.15, 0.2) is 0 Å². The van der Waals surface area contributed by atoms with Gasteiger partial charge in [0, 0.05) is 26.5 Å². The molecule has 0 spiro atoms. The van der Waals surface area contributed by atoms with Crippen LogP contribution in [-0.2, 0) is 9.53 Å². The number of methoxy groups -OCH3 is 1. The second kappa shape index (κ2) is 6.86. The molecule has 6 heteroatoms. The number of amides is 1. The molecule has 1 atom stereocenters. The lowest BCUT2D eigenvalue weighted by molar-refractivity contribution is -0.120. The lowest BCUT2D eigenvalue weighted by Gasteiger charge is -2.11. The number of carbonyl (C=O) groups is 1. The van der Waals surface area contributed by atoms with Gasteiger partial charge in [0.15, 0.2) is 0 Å². The summed E-state index contributed by atoms with van der Waals surface area (Å²) in [4.78, 5) is 11.2. The van der Waals surface area contributed by atoms with E-state index in [1.807, 2.05) is 0 Å². The molecule has 0 aliphatic heterocycles. The summed E-state index contributed by atoms with van der Waals surface area (Å²) in [5.41, 5.74) is 0. The summed E-state index contributed by atoms with van der Waals surface area (Å²) in [6, 6.07) is 0. The standard InChI is InChI=1S/C11H20F2N2O2/c1-17-5-4-15-10(16)8-14-7-9-2-3-11(12,13)6-9/h9,14H,2-8H2,1H3,(H,15,16). The van der Waals surface area contributed by atoms with E-state index in [1.54, 1.807) is 7.11 Å². The molecule has 2 N–H and O–H groups in total. The molecule has 1 amide bonds.